The topological polar surface area (TPSA) is 45.2 Å². The third-order valence-corrected chi connectivity index (χ3v) is 8.71. The second-order valence-corrected chi connectivity index (χ2v) is 11.1. The van der Waals surface area contributed by atoms with Crippen LogP contribution in [0.5, 0.6) is 0 Å². The first-order chi connectivity index (χ1) is 21.3. The van der Waals surface area contributed by atoms with E-state index in [1.54, 1.807) is 0 Å². The molecule has 0 atom stereocenters. The SMILES string of the molecule is N=C(Nc1ccc(-n2c3ccccc3c3ccc4c(cc5c6ccccc6c6ccccc6n54)c32)cc1)c1ccccc1. The van der Waals surface area contributed by atoms with E-state index in [0.29, 0.717) is 5.84 Å². The summed E-state index contributed by atoms with van der Waals surface area (Å²) >= 11 is 0. The molecule has 0 bridgehead atoms. The summed E-state index contributed by atoms with van der Waals surface area (Å²) in [5.41, 5.74) is 8.83. The molecule has 43 heavy (non-hydrogen) atoms. The van der Waals surface area contributed by atoms with Crippen LogP contribution in [0.2, 0.25) is 0 Å². The predicted molar refractivity (Wildman–Crippen MR) is 181 cm³/mol. The third-order valence-electron chi connectivity index (χ3n) is 8.71. The van der Waals surface area contributed by atoms with Crippen molar-refractivity contribution in [1.82, 2.24) is 8.97 Å². The standard InChI is InChI=1S/C39H26N4/c40-39(25-10-2-1-3-11-25)41-26-18-20-27(21-19-26)42-34-16-8-7-15-31(34)32-22-23-36-33(38(32)42)24-37-30-14-5-4-12-28(30)29-13-6-9-17-35(29)43(36)37/h1-24H,(H2,40,41). The van der Waals surface area contributed by atoms with Gasteiger partial charge in [0.05, 0.1) is 27.6 Å². The molecule has 9 rings (SSSR count). The lowest BCUT2D eigenvalue weighted by Gasteiger charge is -2.12. The Morgan fingerprint density at radius 2 is 1.05 bits per heavy atom. The number of amidine groups is 1. The van der Waals surface area contributed by atoms with Gasteiger partial charge in [-0.3, -0.25) is 5.41 Å². The van der Waals surface area contributed by atoms with Crippen LogP contribution in [0, 0.1) is 5.41 Å². The first-order valence-electron chi connectivity index (χ1n) is 14.5. The van der Waals surface area contributed by atoms with Gasteiger partial charge in [-0.15, -0.1) is 0 Å². The minimum absolute atomic E-state index is 0.381. The molecule has 0 radical (unpaired) electrons. The highest BCUT2D eigenvalue weighted by molar-refractivity contribution is 6.22. The first-order valence-corrected chi connectivity index (χ1v) is 14.5. The minimum atomic E-state index is 0.381. The Hall–Kier alpha value is -5.87. The molecule has 0 spiro atoms. The lowest BCUT2D eigenvalue weighted by atomic mass is 10.1. The van der Waals surface area contributed by atoms with Crippen molar-refractivity contribution < 1.29 is 0 Å². The van der Waals surface area contributed by atoms with Gasteiger partial charge in [-0.25, -0.2) is 0 Å². The fraction of sp³-hybridized carbons (Fsp3) is 0. The molecule has 0 fully saturated rings. The monoisotopic (exact) mass is 550 g/mol. The summed E-state index contributed by atoms with van der Waals surface area (Å²) < 4.78 is 4.82. The zero-order chi connectivity index (χ0) is 28.5. The Morgan fingerprint density at radius 3 is 1.79 bits per heavy atom. The van der Waals surface area contributed by atoms with Crippen molar-refractivity contribution in [2.45, 2.75) is 0 Å². The lowest BCUT2D eigenvalue weighted by Crippen LogP contribution is -2.11. The second-order valence-electron chi connectivity index (χ2n) is 11.1. The number of aromatic nitrogens is 2. The predicted octanol–water partition coefficient (Wildman–Crippen LogP) is 9.93. The smallest absolute Gasteiger partial charge is 0.129 e. The first kappa shape index (κ1) is 23.8. The van der Waals surface area contributed by atoms with Crippen LogP contribution in [0.25, 0.3) is 65.6 Å². The van der Waals surface area contributed by atoms with E-state index in [1.807, 2.05) is 30.3 Å². The van der Waals surface area contributed by atoms with Crippen LogP contribution in [0.15, 0.2) is 146 Å². The van der Waals surface area contributed by atoms with Crippen molar-refractivity contribution in [2.24, 2.45) is 0 Å². The molecule has 0 aliphatic heterocycles. The van der Waals surface area contributed by atoms with E-state index < -0.39 is 0 Å². The number of rotatable bonds is 3. The molecule has 0 aliphatic rings. The maximum absolute atomic E-state index is 8.52. The third kappa shape index (κ3) is 3.47. The summed E-state index contributed by atoms with van der Waals surface area (Å²) in [6.45, 7) is 0. The average Bonchev–Trinajstić information content (AvgIpc) is 3.63. The molecular weight excluding hydrogens is 524 g/mol. The zero-order valence-electron chi connectivity index (χ0n) is 23.3. The molecule has 0 amide bonds. The Bertz CT molecular complexity index is 2530. The maximum Gasteiger partial charge on any atom is 0.129 e. The summed E-state index contributed by atoms with van der Waals surface area (Å²) in [6, 6.07) is 51.2. The van der Waals surface area contributed by atoms with Crippen molar-refractivity contribution in [3.63, 3.8) is 0 Å². The van der Waals surface area contributed by atoms with Crippen molar-refractivity contribution in [1.29, 1.82) is 5.41 Å². The lowest BCUT2D eigenvalue weighted by molar-refractivity contribution is 1.19. The fourth-order valence-electron chi connectivity index (χ4n) is 6.82. The number of hydrogen-bond donors (Lipinski definition) is 2. The zero-order valence-corrected chi connectivity index (χ0v) is 23.3. The molecule has 0 saturated heterocycles. The molecule has 3 heterocycles. The van der Waals surface area contributed by atoms with Gasteiger partial charge >= 0.3 is 0 Å². The Morgan fingerprint density at radius 1 is 0.465 bits per heavy atom. The van der Waals surface area contributed by atoms with Gasteiger partial charge in [0.25, 0.3) is 0 Å². The van der Waals surface area contributed by atoms with Gasteiger partial charge in [0.15, 0.2) is 0 Å². The van der Waals surface area contributed by atoms with Gasteiger partial charge in [-0.2, -0.15) is 0 Å². The van der Waals surface area contributed by atoms with Gasteiger partial charge in [-0.1, -0.05) is 97.1 Å². The number of anilines is 1. The molecule has 4 heteroatoms. The second kappa shape index (κ2) is 9.07. The summed E-state index contributed by atoms with van der Waals surface area (Å²) in [7, 11) is 0. The summed E-state index contributed by atoms with van der Waals surface area (Å²) in [5, 5.41) is 19.3. The van der Waals surface area contributed by atoms with Crippen LogP contribution in [-0.2, 0) is 0 Å². The number of pyridine rings is 1. The number of hydrogen-bond acceptors (Lipinski definition) is 1. The van der Waals surface area contributed by atoms with Crippen molar-refractivity contribution in [3.8, 4) is 5.69 Å². The van der Waals surface area contributed by atoms with E-state index in [4.69, 9.17) is 5.41 Å². The van der Waals surface area contributed by atoms with E-state index in [9.17, 15) is 0 Å². The van der Waals surface area contributed by atoms with Gasteiger partial charge in [0.2, 0.25) is 0 Å². The molecule has 0 unspecified atom stereocenters. The van der Waals surface area contributed by atoms with Crippen LogP contribution < -0.4 is 5.32 Å². The summed E-state index contributed by atoms with van der Waals surface area (Å²) in [4.78, 5) is 0. The largest absolute Gasteiger partial charge is 0.340 e. The number of benzene rings is 6. The van der Waals surface area contributed by atoms with Gasteiger partial charge < -0.3 is 14.3 Å². The number of nitrogens with one attached hydrogen (secondary N) is 2. The summed E-state index contributed by atoms with van der Waals surface area (Å²) in [5.74, 6) is 0.381. The van der Waals surface area contributed by atoms with Crippen LogP contribution in [0.3, 0.4) is 0 Å². The van der Waals surface area contributed by atoms with Crippen LogP contribution in [0.4, 0.5) is 5.69 Å². The van der Waals surface area contributed by atoms with Crippen LogP contribution >= 0.6 is 0 Å². The molecule has 6 aromatic carbocycles. The Balaban J connectivity index is 1.31. The number of fused-ring (bicyclic) bond motifs is 12. The molecule has 3 aromatic heterocycles. The van der Waals surface area contributed by atoms with Crippen molar-refractivity contribution >= 4 is 71.4 Å². The van der Waals surface area contributed by atoms with E-state index in [2.05, 4.69) is 130 Å². The minimum Gasteiger partial charge on any atom is -0.340 e. The molecule has 4 nitrogen and oxygen atoms in total. The normalized spacial score (nSPS) is 11.8. The number of nitrogens with zero attached hydrogens (tertiary/aromatic N) is 2. The maximum atomic E-state index is 8.52. The molecule has 202 valence electrons. The van der Waals surface area contributed by atoms with Gasteiger partial charge in [-0.05, 0) is 53.9 Å². The summed E-state index contributed by atoms with van der Waals surface area (Å²) in [6.07, 6.45) is 0. The van der Waals surface area contributed by atoms with E-state index in [1.165, 1.54) is 59.9 Å². The molecule has 2 N–H and O–H groups in total. The molecular formula is C39H26N4. The average molecular weight is 551 g/mol. The van der Waals surface area contributed by atoms with Crippen molar-refractivity contribution in [2.75, 3.05) is 5.32 Å². The van der Waals surface area contributed by atoms with Crippen molar-refractivity contribution in [3.05, 3.63) is 151 Å². The van der Waals surface area contributed by atoms with Crippen LogP contribution in [0.1, 0.15) is 5.56 Å². The van der Waals surface area contributed by atoms with E-state index in [0.717, 1.165) is 16.9 Å². The fourth-order valence-corrected chi connectivity index (χ4v) is 6.82. The van der Waals surface area contributed by atoms with E-state index >= 15 is 0 Å². The molecule has 0 aliphatic carbocycles. The Labute approximate surface area is 247 Å². The van der Waals surface area contributed by atoms with Crippen LogP contribution in [-0.4, -0.2) is 14.8 Å². The molecule has 0 saturated carbocycles. The highest BCUT2D eigenvalue weighted by Crippen LogP contribution is 2.40. The number of para-hydroxylation sites is 2. The van der Waals surface area contributed by atoms with Gasteiger partial charge in [0.1, 0.15) is 5.84 Å². The highest BCUT2D eigenvalue weighted by Gasteiger charge is 2.19. The van der Waals surface area contributed by atoms with Gasteiger partial charge in [0, 0.05) is 43.9 Å². The highest BCUT2D eigenvalue weighted by atomic mass is 15.0. The van der Waals surface area contributed by atoms with E-state index in [-0.39, 0.29) is 0 Å². The molecule has 9 aromatic rings. The quantitative estimate of drug-likeness (QED) is 0.128. The Kier molecular flexibility index (Phi) is 5.02.